The van der Waals surface area contributed by atoms with Crippen LogP contribution in [-0.2, 0) is 0 Å². The smallest absolute Gasteiger partial charge is 0.129 e. The van der Waals surface area contributed by atoms with Crippen molar-refractivity contribution in [2.75, 3.05) is 13.7 Å². The number of methoxy groups -OCH3 is 1. The van der Waals surface area contributed by atoms with Crippen molar-refractivity contribution in [3.63, 3.8) is 0 Å². The summed E-state index contributed by atoms with van der Waals surface area (Å²) in [6, 6.07) is 1.85. The molecule has 0 bridgehead atoms. The number of rotatable bonds is 4. The fourth-order valence-corrected chi connectivity index (χ4v) is 1.98. The van der Waals surface area contributed by atoms with Gasteiger partial charge in [-0.2, -0.15) is 0 Å². The lowest BCUT2D eigenvalue weighted by molar-refractivity contribution is 0.125. The molecule has 3 nitrogen and oxygen atoms in total. The molecule has 0 amide bonds. The van der Waals surface area contributed by atoms with Crippen LogP contribution in [0, 0.1) is 5.92 Å². The van der Waals surface area contributed by atoms with Gasteiger partial charge in [-0.3, -0.25) is 0 Å². The third kappa shape index (κ3) is 2.43. The molecule has 1 aromatic rings. The van der Waals surface area contributed by atoms with E-state index in [9.17, 15) is 5.11 Å². The summed E-state index contributed by atoms with van der Waals surface area (Å²) in [5.74, 6) is 0.881. The highest BCUT2D eigenvalue weighted by atomic mass is 32.1. The second kappa shape index (κ2) is 4.60. The highest BCUT2D eigenvalue weighted by Gasteiger charge is 2.16. The van der Waals surface area contributed by atoms with Crippen molar-refractivity contribution in [2.24, 2.45) is 11.7 Å². The van der Waals surface area contributed by atoms with Crippen LogP contribution in [0.25, 0.3) is 0 Å². The predicted molar refractivity (Wildman–Crippen MR) is 54.0 cm³/mol. The maximum atomic E-state index is 9.77. The summed E-state index contributed by atoms with van der Waals surface area (Å²) in [6.07, 6.45) is -0.473. The Morgan fingerprint density at radius 1 is 1.69 bits per heavy atom. The van der Waals surface area contributed by atoms with Gasteiger partial charge in [0, 0.05) is 10.3 Å². The van der Waals surface area contributed by atoms with Crippen LogP contribution in [0.4, 0.5) is 0 Å². The summed E-state index contributed by atoms with van der Waals surface area (Å²) in [6.45, 7) is 2.41. The minimum atomic E-state index is -0.473. The number of ether oxygens (including phenoxy) is 1. The predicted octanol–water partition coefficient (Wildman–Crippen LogP) is 1.38. The number of hydrogen-bond donors (Lipinski definition) is 2. The molecule has 2 atom stereocenters. The first-order valence-electron chi connectivity index (χ1n) is 4.19. The van der Waals surface area contributed by atoms with Crippen LogP contribution in [0.15, 0.2) is 11.4 Å². The quantitative estimate of drug-likeness (QED) is 0.774. The molecule has 0 spiro atoms. The molecule has 0 fully saturated rings. The van der Waals surface area contributed by atoms with E-state index in [-0.39, 0.29) is 5.92 Å². The monoisotopic (exact) mass is 201 g/mol. The Morgan fingerprint density at radius 3 is 2.85 bits per heavy atom. The van der Waals surface area contributed by atoms with Crippen LogP contribution in [0.2, 0.25) is 0 Å². The van der Waals surface area contributed by atoms with Crippen molar-refractivity contribution in [2.45, 2.75) is 13.0 Å². The molecule has 0 saturated carbocycles. The molecule has 1 aromatic heterocycles. The molecule has 1 heterocycles. The first-order valence-corrected chi connectivity index (χ1v) is 5.07. The maximum Gasteiger partial charge on any atom is 0.129 e. The van der Waals surface area contributed by atoms with Gasteiger partial charge in [0.1, 0.15) is 5.75 Å². The van der Waals surface area contributed by atoms with Crippen LogP contribution in [0.3, 0.4) is 0 Å². The largest absolute Gasteiger partial charge is 0.496 e. The zero-order chi connectivity index (χ0) is 9.84. The second-order valence-electron chi connectivity index (χ2n) is 3.05. The summed E-state index contributed by atoms with van der Waals surface area (Å²) in [7, 11) is 1.62. The van der Waals surface area contributed by atoms with Crippen molar-refractivity contribution in [1.29, 1.82) is 0 Å². The highest BCUT2D eigenvalue weighted by Crippen LogP contribution is 2.30. The Bertz CT molecular complexity index is 262. The van der Waals surface area contributed by atoms with Crippen molar-refractivity contribution < 1.29 is 9.84 Å². The average Bonchev–Trinajstić information content (AvgIpc) is 2.63. The standard InChI is InChI=1S/C9H15NO2S/c1-6(4-10)9(11)8-3-7(12-2)5-13-8/h3,5-6,9,11H,4,10H2,1-2H3. The van der Waals surface area contributed by atoms with Crippen LogP contribution in [-0.4, -0.2) is 18.8 Å². The van der Waals surface area contributed by atoms with E-state index in [0.29, 0.717) is 6.54 Å². The van der Waals surface area contributed by atoms with E-state index in [1.165, 1.54) is 11.3 Å². The average molecular weight is 201 g/mol. The molecule has 3 N–H and O–H groups in total. The molecule has 0 aliphatic carbocycles. The second-order valence-corrected chi connectivity index (χ2v) is 3.99. The van der Waals surface area contributed by atoms with E-state index in [1.54, 1.807) is 7.11 Å². The van der Waals surface area contributed by atoms with Gasteiger partial charge >= 0.3 is 0 Å². The SMILES string of the molecule is COc1csc(C(O)C(C)CN)c1. The number of aliphatic hydroxyl groups excluding tert-OH is 1. The Labute approximate surface area is 82.1 Å². The van der Waals surface area contributed by atoms with E-state index in [0.717, 1.165) is 10.6 Å². The summed E-state index contributed by atoms with van der Waals surface area (Å²) in [5, 5.41) is 11.6. The van der Waals surface area contributed by atoms with Crippen LogP contribution >= 0.6 is 11.3 Å². The Morgan fingerprint density at radius 2 is 2.38 bits per heavy atom. The fraction of sp³-hybridized carbons (Fsp3) is 0.556. The van der Waals surface area contributed by atoms with E-state index in [2.05, 4.69) is 0 Å². The van der Waals surface area contributed by atoms with E-state index < -0.39 is 6.10 Å². The molecule has 74 valence electrons. The van der Waals surface area contributed by atoms with Crippen LogP contribution in [0.5, 0.6) is 5.75 Å². The number of nitrogens with two attached hydrogens (primary N) is 1. The lowest BCUT2D eigenvalue weighted by Crippen LogP contribution is -2.17. The van der Waals surface area contributed by atoms with Crippen molar-refractivity contribution in [3.8, 4) is 5.75 Å². The van der Waals surface area contributed by atoms with E-state index >= 15 is 0 Å². The topological polar surface area (TPSA) is 55.5 Å². The summed E-state index contributed by atoms with van der Waals surface area (Å²) in [5.41, 5.74) is 5.46. The Balaban J connectivity index is 2.70. The highest BCUT2D eigenvalue weighted by molar-refractivity contribution is 7.10. The molecule has 0 aromatic carbocycles. The molecule has 2 unspecified atom stereocenters. The van der Waals surface area contributed by atoms with Crippen molar-refractivity contribution in [1.82, 2.24) is 0 Å². The van der Waals surface area contributed by atoms with Crippen molar-refractivity contribution in [3.05, 3.63) is 16.3 Å². The van der Waals surface area contributed by atoms with Gasteiger partial charge in [-0.05, 0) is 18.5 Å². The summed E-state index contributed by atoms with van der Waals surface area (Å²) >= 11 is 1.50. The summed E-state index contributed by atoms with van der Waals surface area (Å²) in [4.78, 5) is 0.912. The molecule has 0 saturated heterocycles. The van der Waals surface area contributed by atoms with E-state index in [1.807, 2.05) is 18.4 Å². The maximum absolute atomic E-state index is 9.77. The molecule has 1 rings (SSSR count). The minimum Gasteiger partial charge on any atom is -0.496 e. The number of thiophene rings is 1. The van der Waals surface area contributed by atoms with Gasteiger partial charge < -0.3 is 15.6 Å². The van der Waals surface area contributed by atoms with Crippen LogP contribution < -0.4 is 10.5 Å². The van der Waals surface area contributed by atoms with Gasteiger partial charge in [0.15, 0.2) is 0 Å². The first kappa shape index (κ1) is 10.5. The number of aliphatic hydroxyl groups is 1. The number of hydrogen-bond acceptors (Lipinski definition) is 4. The van der Waals surface area contributed by atoms with Gasteiger partial charge in [0.05, 0.1) is 13.2 Å². The molecule has 13 heavy (non-hydrogen) atoms. The normalized spacial score (nSPS) is 15.4. The zero-order valence-electron chi connectivity index (χ0n) is 7.86. The Kier molecular flexibility index (Phi) is 3.71. The molecule has 0 radical (unpaired) electrons. The first-order chi connectivity index (χ1) is 6.19. The molecular weight excluding hydrogens is 186 g/mol. The third-order valence-electron chi connectivity index (χ3n) is 2.03. The van der Waals surface area contributed by atoms with E-state index in [4.69, 9.17) is 10.5 Å². The summed E-state index contributed by atoms with van der Waals surface area (Å²) < 4.78 is 5.03. The van der Waals surface area contributed by atoms with Gasteiger partial charge in [-0.15, -0.1) is 11.3 Å². The van der Waals surface area contributed by atoms with Gasteiger partial charge in [-0.1, -0.05) is 6.92 Å². The Hall–Kier alpha value is -0.580. The fourth-order valence-electron chi connectivity index (χ4n) is 1.01. The third-order valence-corrected chi connectivity index (χ3v) is 3.02. The van der Waals surface area contributed by atoms with Gasteiger partial charge in [-0.25, -0.2) is 0 Å². The zero-order valence-corrected chi connectivity index (χ0v) is 8.67. The lowest BCUT2D eigenvalue weighted by Gasteiger charge is -2.14. The molecule has 0 aliphatic heterocycles. The molecule has 0 aliphatic rings. The van der Waals surface area contributed by atoms with Gasteiger partial charge in [0.25, 0.3) is 0 Å². The molecular formula is C9H15NO2S. The minimum absolute atomic E-state index is 0.0864. The van der Waals surface area contributed by atoms with Gasteiger partial charge in [0.2, 0.25) is 0 Å². The molecule has 4 heteroatoms. The van der Waals surface area contributed by atoms with Crippen LogP contribution in [0.1, 0.15) is 17.9 Å². The lowest BCUT2D eigenvalue weighted by atomic mass is 10.0. The van der Waals surface area contributed by atoms with Crippen molar-refractivity contribution >= 4 is 11.3 Å².